The quantitative estimate of drug-likeness (QED) is 0.772. The van der Waals surface area contributed by atoms with Gasteiger partial charge in [-0.3, -0.25) is 4.79 Å². The van der Waals surface area contributed by atoms with E-state index in [0.29, 0.717) is 30.5 Å². The van der Waals surface area contributed by atoms with Crippen LogP contribution in [0.15, 0.2) is 30.5 Å². The van der Waals surface area contributed by atoms with Gasteiger partial charge in [0.2, 0.25) is 5.88 Å². The molecule has 1 amide bonds. The molecule has 1 saturated heterocycles. The summed E-state index contributed by atoms with van der Waals surface area (Å²) in [6.45, 7) is 7.24. The number of benzene rings is 1. The van der Waals surface area contributed by atoms with Crippen LogP contribution in [0.3, 0.4) is 0 Å². The van der Waals surface area contributed by atoms with E-state index in [4.69, 9.17) is 14.2 Å². The number of ether oxygens (including phenoxy) is 3. The molecule has 29 heavy (non-hydrogen) atoms. The van der Waals surface area contributed by atoms with Crippen LogP contribution in [-0.4, -0.2) is 52.2 Å². The van der Waals surface area contributed by atoms with Crippen LogP contribution in [0.5, 0.6) is 17.4 Å². The second-order valence-corrected chi connectivity index (χ2v) is 8.21. The lowest BCUT2D eigenvalue weighted by atomic mass is 10.0. The van der Waals surface area contributed by atoms with Gasteiger partial charge in [0.05, 0.1) is 0 Å². The molecule has 7 heteroatoms. The Kier molecular flexibility index (Phi) is 5.30. The molecule has 0 unspecified atom stereocenters. The topological polar surface area (TPSA) is 73.8 Å². The highest BCUT2D eigenvalue weighted by atomic mass is 16.5. The molecule has 2 aromatic rings. The Morgan fingerprint density at radius 1 is 1.28 bits per heavy atom. The number of amides is 1. The molecular weight excluding hydrogens is 370 g/mol. The molecule has 1 aromatic carbocycles. The molecule has 0 spiro atoms. The van der Waals surface area contributed by atoms with Crippen molar-refractivity contribution in [2.45, 2.75) is 51.7 Å². The van der Waals surface area contributed by atoms with Crippen molar-refractivity contribution in [2.24, 2.45) is 0 Å². The highest BCUT2D eigenvalue weighted by Gasteiger charge is 2.32. The number of aryl methyl sites for hydroxylation is 1. The van der Waals surface area contributed by atoms with Gasteiger partial charge in [0.1, 0.15) is 17.5 Å². The monoisotopic (exact) mass is 397 g/mol. The molecule has 0 saturated carbocycles. The number of likely N-dealkylation sites (tertiary alicyclic amines) is 1. The summed E-state index contributed by atoms with van der Waals surface area (Å²) in [4.78, 5) is 22.8. The Balaban J connectivity index is 1.28. The zero-order chi connectivity index (χ0) is 20.4. The maximum absolute atomic E-state index is 12.6. The smallest absolute Gasteiger partial charge is 0.260 e. The average Bonchev–Trinajstić information content (AvgIpc) is 3.01. The molecule has 0 N–H and O–H groups in total. The number of carbonyl (C=O) groups excluding carboxylic acids is 1. The summed E-state index contributed by atoms with van der Waals surface area (Å²) >= 11 is 0. The van der Waals surface area contributed by atoms with E-state index < -0.39 is 0 Å². The molecular formula is C22H27N3O4. The summed E-state index contributed by atoms with van der Waals surface area (Å²) in [6, 6.07) is 7.61. The van der Waals surface area contributed by atoms with E-state index in [0.717, 1.165) is 30.6 Å². The van der Waals surface area contributed by atoms with Crippen LogP contribution in [0.2, 0.25) is 0 Å². The Morgan fingerprint density at radius 3 is 2.83 bits per heavy atom. The predicted octanol–water partition coefficient (Wildman–Crippen LogP) is 2.95. The summed E-state index contributed by atoms with van der Waals surface area (Å²) < 4.78 is 17.8. The van der Waals surface area contributed by atoms with Gasteiger partial charge in [0, 0.05) is 50.2 Å². The summed E-state index contributed by atoms with van der Waals surface area (Å²) in [5.74, 6) is 2.66. The third-order valence-electron chi connectivity index (χ3n) is 5.24. The van der Waals surface area contributed by atoms with Gasteiger partial charge in [-0.15, -0.1) is 0 Å². The third kappa shape index (κ3) is 4.60. The van der Waals surface area contributed by atoms with Gasteiger partial charge in [-0.05, 0) is 26.8 Å². The molecule has 1 aromatic heterocycles. The van der Waals surface area contributed by atoms with E-state index in [9.17, 15) is 4.79 Å². The predicted molar refractivity (Wildman–Crippen MR) is 107 cm³/mol. The minimum absolute atomic E-state index is 0.0108. The van der Waals surface area contributed by atoms with Crippen molar-refractivity contribution in [3.8, 4) is 17.4 Å². The lowest BCUT2D eigenvalue weighted by Crippen LogP contribution is -2.43. The number of hydrogen-bond acceptors (Lipinski definition) is 6. The molecule has 2 aliphatic heterocycles. The van der Waals surface area contributed by atoms with Gasteiger partial charge in [-0.2, -0.15) is 4.98 Å². The number of carbonyl (C=O) groups is 1. The van der Waals surface area contributed by atoms with Crippen LogP contribution in [0.4, 0.5) is 0 Å². The van der Waals surface area contributed by atoms with Crippen molar-refractivity contribution < 1.29 is 19.0 Å². The number of aromatic nitrogens is 2. The summed E-state index contributed by atoms with van der Waals surface area (Å²) in [6.07, 6.45) is 4.13. The molecule has 7 nitrogen and oxygen atoms in total. The van der Waals surface area contributed by atoms with Crippen LogP contribution in [0, 0.1) is 6.92 Å². The fourth-order valence-corrected chi connectivity index (χ4v) is 3.83. The second-order valence-electron chi connectivity index (χ2n) is 8.21. The van der Waals surface area contributed by atoms with Gasteiger partial charge in [-0.25, -0.2) is 4.98 Å². The molecule has 1 fully saturated rings. The zero-order valence-electron chi connectivity index (χ0n) is 17.2. The van der Waals surface area contributed by atoms with Crippen molar-refractivity contribution in [3.05, 3.63) is 41.9 Å². The van der Waals surface area contributed by atoms with Gasteiger partial charge in [0.15, 0.2) is 18.1 Å². The summed E-state index contributed by atoms with van der Waals surface area (Å²) in [5, 5.41) is 0. The standard InChI is InChI=1S/C22H27N3O4/c1-15-23-10-7-19(24-15)28-17-8-11-25(12-9-17)20(26)14-27-18-6-4-5-16-13-22(2,3)29-21(16)18/h4-7,10,17H,8-9,11-14H2,1-3H3. The highest BCUT2D eigenvalue weighted by Crippen LogP contribution is 2.41. The first kappa shape index (κ1) is 19.5. The SMILES string of the molecule is Cc1nccc(OC2CCN(C(=O)COc3cccc4c3OC(C)(C)C4)CC2)n1. The average molecular weight is 397 g/mol. The highest BCUT2D eigenvalue weighted by molar-refractivity contribution is 5.78. The van der Waals surface area contributed by atoms with Gasteiger partial charge in [-0.1, -0.05) is 12.1 Å². The van der Waals surface area contributed by atoms with Crippen molar-refractivity contribution in [1.29, 1.82) is 0 Å². The van der Waals surface area contributed by atoms with Crippen molar-refractivity contribution >= 4 is 5.91 Å². The third-order valence-corrected chi connectivity index (χ3v) is 5.24. The minimum atomic E-state index is -0.240. The van der Waals surface area contributed by atoms with Crippen LogP contribution >= 0.6 is 0 Å². The first-order valence-electron chi connectivity index (χ1n) is 10.1. The molecule has 3 heterocycles. The first-order valence-corrected chi connectivity index (χ1v) is 10.1. The Hall–Kier alpha value is -2.83. The van der Waals surface area contributed by atoms with E-state index in [1.54, 1.807) is 12.3 Å². The fourth-order valence-electron chi connectivity index (χ4n) is 3.83. The van der Waals surface area contributed by atoms with Crippen LogP contribution in [0.1, 0.15) is 38.1 Å². The lowest BCUT2D eigenvalue weighted by molar-refractivity contribution is -0.135. The van der Waals surface area contributed by atoms with E-state index in [2.05, 4.69) is 23.8 Å². The molecule has 4 rings (SSSR count). The van der Waals surface area contributed by atoms with Crippen molar-refractivity contribution in [2.75, 3.05) is 19.7 Å². The van der Waals surface area contributed by atoms with Crippen molar-refractivity contribution in [3.63, 3.8) is 0 Å². The Morgan fingerprint density at radius 2 is 2.07 bits per heavy atom. The molecule has 0 radical (unpaired) electrons. The lowest BCUT2D eigenvalue weighted by Gasteiger charge is -2.32. The normalized spacial score (nSPS) is 18.1. The molecule has 0 aliphatic carbocycles. The summed E-state index contributed by atoms with van der Waals surface area (Å²) in [5.41, 5.74) is 0.883. The van der Waals surface area contributed by atoms with Crippen LogP contribution < -0.4 is 14.2 Å². The number of para-hydroxylation sites is 1. The van der Waals surface area contributed by atoms with Gasteiger partial charge in [0.25, 0.3) is 5.91 Å². The van der Waals surface area contributed by atoms with Crippen LogP contribution in [-0.2, 0) is 11.2 Å². The maximum Gasteiger partial charge on any atom is 0.260 e. The van der Waals surface area contributed by atoms with Crippen molar-refractivity contribution in [1.82, 2.24) is 14.9 Å². The Bertz CT molecular complexity index is 891. The number of piperidine rings is 1. The van der Waals surface area contributed by atoms with Gasteiger partial charge >= 0.3 is 0 Å². The number of fused-ring (bicyclic) bond motifs is 1. The van der Waals surface area contributed by atoms with E-state index in [1.165, 1.54) is 0 Å². The zero-order valence-corrected chi connectivity index (χ0v) is 17.2. The summed E-state index contributed by atoms with van der Waals surface area (Å²) in [7, 11) is 0. The molecule has 154 valence electrons. The minimum Gasteiger partial charge on any atom is -0.483 e. The molecule has 2 aliphatic rings. The van der Waals surface area contributed by atoms with E-state index in [-0.39, 0.29) is 24.2 Å². The number of rotatable bonds is 5. The number of hydrogen-bond donors (Lipinski definition) is 0. The fraction of sp³-hybridized carbons (Fsp3) is 0.500. The Labute approximate surface area is 171 Å². The van der Waals surface area contributed by atoms with E-state index >= 15 is 0 Å². The largest absolute Gasteiger partial charge is 0.483 e. The maximum atomic E-state index is 12.6. The van der Waals surface area contributed by atoms with Gasteiger partial charge < -0.3 is 19.1 Å². The molecule has 0 atom stereocenters. The molecule has 0 bridgehead atoms. The number of nitrogens with zero attached hydrogens (tertiary/aromatic N) is 3. The van der Waals surface area contributed by atoms with Crippen LogP contribution in [0.25, 0.3) is 0 Å². The van der Waals surface area contributed by atoms with E-state index in [1.807, 2.05) is 30.0 Å². The first-order chi connectivity index (χ1) is 13.9. The second kappa shape index (κ2) is 7.89.